The van der Waals surface area contributed by atoms with Gasteiger partial charge in [0.15, 0.2) is 0 Å². The van der Waals surface area contributed by atoms with Crippen molar-refractivity contribution in [2.24, 2.45) is 0 Å². The van der Waals surface area contributed by atoms with Gasteiger partial charge in [-0.05, 0) is 18.9 Å². The molecule has 112 valence electrons. The minimum Gasteiger partial charge on any atom is -0.496 e. The number of nitrogens with zero attached hydrogens (tertiary/aromatic N) is 2. The van der Waals surface area contributed by atoms with Gasteiger partial charge in [-0.2, -0.15) is 5.26 Å². The van der Waals surface area contributed by atoms with Gasteiger partial charge in [0.05, 0.1) is 13.2 Å². The number of likely N-dealkylation sites (tertiary alicyclic amines) is 1. The minimum absolute atomic E-state index is 0.0752. The maximum Gasteiger partial charge on any atom is 0.219 e. The summed E-state index contributed by atoms with van der Waals surface area (Å²) in [6.45, 7) is 3.41. The molecule has 21 heavy (non-hydrogen) atoms. The van der Waals surface area contributed by atoms with E-state index < -0.39 is 5.54 Å². The summed E-state index contributed by atoms with van der Waals surface area (Å²) in [4.78, 5) is 13.2. The Morgan fingerprint density at radius 2 is 2.10 bits per heavy atom. The number of nitriles is 1. The highest BCUT2D eigenvalue weighted by atomic mass is 16.5. The van der Waals surface area contributed by atoms with E-state index in [4.69, 9.17) is 4.74 Å². The smallest absolute Gasteiger partial charge is 0.219 e. The van der Waals surface area contributed by atoms with E-state index >= 15 is 0 Å². The maximum atomic E-state index is 11.4. The Morgan fingerprint density at radius 3 is 2.67 bits per heavy atom. The minimum atomic E-state index is -0.563. The second-order valence-corrected chi connectivity index (χ2v) is 5.37. The monoisotopic (exact) mass is 287 g/mol. The van der Waals surface area contributed by atoms with Crippen molar-refractivity contribution in [1.29, 1.82) is 5.26 Å². The van der Waals surface area contributed by atoms with Crippen molar-refractivity contribution in [3.63, 3.8) is 0 Å². The molecule has 0 bridgehead atoms. The van der Waals surface area contributed by atoms with Gasteiger partial charge in [0, 0.05) is 32.1 Å². The van der Waals surface area contributed by atoms with Gasteiger partial charge in [-0.15, -0.1) is 0 Å². The molecule has 1 aromatic carbocycles. The summed E-state index contributed by atoms with van der Waals surface area (Å²) in [5, 5.41) is 12.9. The predicted molar refractivity (Wildman–Crippen MR) is 79.7 cm³/mol. The molecule has 1 heterocycles. The lowest BCUT2D eigenvalue weighted by atomic mass is 9.88. The van der Waals surface area contributed by atoms with Gasteiger partial charge in [-0.25, -0.2) is 0 Å². The molecule has 1 aliphatic rings. The molecule has 2 rings (SSSR count). The number of benzene rings is 1. The molecule has 1 N–H and O–H groups in total. The van der Waals surface area contributed by atoms with Crippen LogP contribution in [0.1, 0.15) is 25.3 Å². The van der Waals surface area contributed by atoms with Crippen molar-refractivity contribution in [3.05, 3.63) is 29.8 Å². The second kappa shape index (κ2) is 6.59. The van der Waals surface area contributed by atoms with E-state index in [2.05, 4.69) is 11.4 Å². The zero-order chi connectivity index (χ0) is 15.3. The fourth-order valence-corrected chi connectivity index (χ4v) is 2.64. The fourth-order valence-electron chi connectivity index (χ4n) is 2.64. The molecule has 0 saturated carbocycles. The molecule has 1 fully saturated rings. The summed E-state index contributed by atoms with van der Waals surface area (Å²) in [5.74, 6) is 0.894. The SMILES string of the molecule is COc1ccccc1CNC1(C#N)CCN(C(C)=O)CC1. The van der Waals surface area contributed by atoms with Crippen LogP contribution in [0, 0.1) is 11.3 Å². The average molecular weight is 287 g/mol. The van der Waals surface area contributed by atoms with E-state index in [-0.39, 0.29) is 5.91 Å². The number of hydrogen-bond donors (Lipinski definition) is 1. The molecule has 0 aliphatic carbocycles. The van der Waals surface area contributed by atoms with Crippen LogP contribution in [0.25, 0.3) is 0 Å². The lowest BCUT2D eigenvalue weighted by molar-refractivity contribution is -0.130. The van der Waals surface area contributed by atoms with E-state index in [1.807, 2.05) is 24.3 Å². The van der Waals surface area contributed by atoms with Crippen LogP contribution < -0.4 is 10.1 Å². The molecule has 5 nitrogen and oxygen atoms in total. The topological polar surface area (TPSA) is 65.4 Å². The number of methoxy groups -OCH3 is 1. The molecular weight excluding hydrogens is 266 g/mol. The molecule has 0 aromatic heterocycles. The molecular formula is C16H21N3O2. The molecule has 0 unspecified atom stereocenters. The van der Waals surface area contributed by atoms with E-state index in [1.54, 1.807) is 18.9 Å². The number of ether oxygens (including phenoxy) is 1. The number of para-hydroxylation sites is 1. The van der Waals surface area contributed by atoms with E-state index in [9.17, 15) is 10.1 Å². The Labute approximate surface area is 125 Å². The van der Waals surface area contributed by atoms with Crippen LogP contribution in [0.5, 0.6) is 5.75 Å². The van der Waals surface area contributed by atoms with Crippen LogP contribution in [-0.4, -0.2) is 36.5 Å². The van der Waals surface area contributed by atoms with Crippen molar-refractivity contribution in [2.45, 2.75) is 31.8 Å². The first-order valence-electron chi connectivity index (χ1n) is 7.14. The number of carbonyl (C=O) groups excluding carboxylic acids is 1. The van der Waals surface area contributed by atoms with Gasteiger partial charge >= 0.3 is 0 Å². The second-order valence-electron chi connectivity index (χ2n) is 5.37. The summed E-state index contributed by atoms with van der Waals surface area (Å²) in [5.41, 5.74) is 0.468. The largest absolute Gasteiger partial charge is 0.496 e. The first kappa shape index (κ1) is 15.3. The highest BCUT2D eigenvalue weighted by molar-refractivity contribution is 5.73. The Kier molecular flexibility index (Phi) is 4.81. The van der Waals surface area contributed by atoms with Crippen LogP contribution in [0.4, 0.5) is 0 Å². The molecule has 0 spiro atoms. The maximum absolute atomic E-state index is 11.4. The van der Waals surface area contributed by atoms with Gasteiger partial charge in [0.2, 0.25) is 5.91 Å². The predicted octanol–water partition coefficient (Wildman–Crippen LogP) is 1.69. The van der Waals surface area contributed by atoms with Crippen LogP contribution in [0.15, 0.2) is 24.3 Å². The summed E-state index contributed by atoms with van der Waals surface area (Å²) >= 11 is 0. The third-order valence-corrected chi connectivity index (χ3v) is 4.09. The molecule has 1 amide bonds. The van der Waals surface area contributed by atoms with Gasteiger partial charge in [-0.3, -0.25) is 10.1 Å². The van der Waals surface area contributed by atoms with Crippen LogP contribution >= 0.6 is 0 Å². The first-order valence-corrected chi connectivity index (χ1v) is 7.14. The number of amides is 1. The Hall–Kier alpha value is -2.06. The van der Waals surface area contributed by atoms with Crippen LogP contribution in [0.2, 0.25) is 0 Å². The van der Waals surface area contributed by atoms with Crippen molar-refractivity contribution in [2.75, 3.05) is 20.2 Å². The number of rotatable bonds is 4. The molecule has 5 heteroatoms. The zero-order valence-electron chi connectivity index (χ0n) is 12.6. The third-order valence-electron chi connectivity index (χ3n) is 4.09. The Balaban J connectivity index is 2.01. The number of piperidine rings is 1. The normalized spacial score (nSPS) is 17.1. The van der Waals surface area contributed by atoms with Gasteiger partial charge < -0.3 is 9.64 Å². The Bertz CT molecular complexity index is 543. The molecule has 0 radical (unpaired) electrons. The average Bonchev–Trinajstić information content (AvgIpc) is 2.53. The summed E-state index contributed by atoms with van der Waals surface area (Å²) in [7, 11) is 1.64. The number of nitrogens with one attached hydrogen (secondary N) is 1. The number of hydrogen-bond acceptors (Lipinski definition) is 4. The standard InChI is InChI=1S/C16H21N3O2/c1-13(20)19-9-7-16(12-17,8-10-19)18-11-14-5-3-4-6-15(14)21-2/h3-6,18H,7-11H2,1-2H3. The highest BCUT2D eigenvalue weighted by Gasteiger charge is 2.35. The molecule has 1 aliphatic heterocycles. The van der Waals surface area contributed by atoms with Crippen LogP contribution in [-0.2, 0) is 11.3 Å². The quantitative estimate of drug-likeness (QED) is 0.915. The fraction of sp³-hybridized carbons (Fsp3) is 0.500. The van der Waals surface area contributed by atoms with Crippen molar-refractivity contribution in [3.8, 4) is 11.8 Å². The van der Waals surface area contributed by atoms with Gasteiger partial charge in [0.25, 0.3) is 0 Å². The van der Waals surface area contributed by atoms with E-state index in [1.165, 1.54) is 0 Å². The summed E-state index contributed by atoms with van der Waals surface area (Å²) in [6, 6.07) is 10.2. The lowest BCUT2D eigenvalue weighted by Crippen LogP contribution is -2.53. The summed E-state index contributed by atoms with van der Waals surface area (Å²) < 4.78 is 5.32. The summed E-state index contributed by atoms with van der Waals surface area (Å²) in [6.07, 6.45) is 1.30. The first-order chi connectivity index (χ1) is 10.1. The van der Waals surface area contributed by atoms with Crippen molar-refractivity contribution >= 4 is 5.91 Å². The highest BCUT2D eigenvalue weighted by Crippen LogP contribution is 2.24. The zero-order valence-corrected chi connectivity index (χ0v) is 12.6. The third kappa shape index (κ3) is 3.53. The van der Waals surface area contributed by atoms with E-state index in [0.29, 0.717) is 32.5 Å². The van der Waals surface area contributed by atoms with Crippen molar-refractivity contribution < 1.29 is 9.53 Å². The lowest BCUT2D eigenvalue weighted by Gasteiger charge is -2.37. The Morgan fingerprint density at radius 1 is 1.43 bits per heavy atom. The molecule has 0 atom stereocenters. The van der Waals surface area contributed by atoms with Gasteiger partial charge in [-0.1, -0.05) is 18.2 Å². The van der Waals surface area contributed by atoms with Crippen molar-refractivity contribution in [1.82, 2.24) is 10.2 Å². The van der Waals surface area contributed by atoms with Gasteiger partial charge in [0.1, 0.15) is 11.3 Å². The molecule has 1 aromatic rings. The van der Waals surface area contributed by atoms with Crippen LogP contribution in [0.3, 0.4) is 0 Å². The molecule has 1 saturated heterocycles. The number of carbonyl (C=O) groups is 1. The van der Waals surface area contributed by atoms with E-state index in [0.717, 1.165) is 11.3 Å².